The second kappa shape index (κ2) is 4.34. The van der Waals surface area contributed by atoms with E-state index in [1.807, 2.05) is 19.1 Å². The van der Waals surface area contributed by atoms with Gasteiger partial charge in [-0.1, -0.05) is 18.5 Å². The molecule has 1 heterocycles. The Morgan fingerprint density at radius 2 is 2.42 bits per heavy atom. The molecule has 0 aliphatic heterocycles. The first-order valence-corrected chi connectivity index (χ1v) is 4.83. The second-order valence-electron chi connectivity index (χ2n) is 2.03. The molecule has 0 aromatic carbocycles. The van der Waals surface area contributed by atoms with Crippen molar-refractivity contribution in [1.82, 2.24) is 4.98 Å². The summed E-state index contributed by atoms with van der Waals surface area (Å²) in [7, 11) is 0. The summed E-state index contributed by atoms with van der Waals surface area (Å²) in [5.74, 6) is 0.929. The summed E-state index contributed by atoms with van der Waals surface area (Å²) in [4.78, 5) is 4.79. The molecular weight excluding hydrogens is 192 g/mol. The number of rotatable bonds is 2. The molecule has 12 heavy (non-hydrogen) atoms. The molecule has 1 rings (SSSR count). The van der Waals surface area contributed by atoms with E-state index < -0.39 is 0 Å². The number of aromatic nitrogens is 1. The highest BCUT2D eigenvalue weighted by molar-refractivity contribution is 7.99. The lowest BCUT2D eigenvalue weighted by molar-refractivity contribution is 1.18. The minimum atomic E-state index is 0.368. The van der Waals surface area contributed by atoms with E-state index in [0.29, 0.717) is 10.8 Å². The molecule has 0 aliphatic rings. The third-order valence-electron chi connectivity index (χ3n) is 1.23. The predicted octanol–water partition coefficient (Wildman–Crippen LogP) is 2.72. The van der Waals surface area contributed by atoms with E-state index in [-0.39, 0.29) is 0 Å². The van der Waals surface area contributed by atoms with E-state index in [1.54, 1.807) is 17.8 Å². The smallest absolute Gasteiger partial charge is 0.155 e. The molecule has 0 bridgehead atoms. The second-order valence-corrected chi connectivity index (χ2v) is 3.72. The van der Waals surface area contributed by atoms with Crippen LogP contribution in [0.3, 0.4) is 0 Å². The number of hydrogen-bond donors (Lipinski definition) is 0. The van der Waals surface area contributed by atoms with Crippen LogP contribution in [0.25, 0.3) is 0 Å². The molecule has 0 saturated heterocycles. The van der Waals surface area contributed by atoms with Crippen molar-refractivity contribution in [3.05, 3.63) is 23.0 Å². The maximum Gasteiger partial charge on any atom is 0.155 e. The van der Waals surface area contributed by atoms with E-state index in [1.165, 1.54) is 0 Å². The molecule has 4 heteroatoms. The Labute approximate surface area is 80.6 Å². The lowest BCUT2D eigenvalue weighted by atomic mass is 10.4. The van der Waals surface area contributed by atoms with Crippen molar-refractivity contribution in [2.24, 2.45) is 0 Å². The lowest BCUT2D eigenvalue weighted by Gasteiger charge is -1.99. The maximum atomic E-state index is 8.69. The fraction of sp³-hybridized carbons (Fsp3) is 0.250. The molecule has 1 aromatic rings. The minimum Gasteiger partial charge on any atom is -0.224 e. The van der Waals surface area contributed by atoms with E-state index in [2.05, 4.69) is 4.98 Å². The first-order chi connectivity index (χ1) is 5.77. The molecule has 0 saturated carbocycles. The van der Waals surface area contributed by atoms with Gasteiger partial charge in [-0.05, 0) is 17.9 Å². The molecule has 0 spiro atoms. The predicted molar refractivity (Wildman–Crippen MR) is 50.4 cm³/mol. The summed E-state index contributed by atoms with van der Waals surface area (Å²) in [5.41, 5.74) is 0.411. The van der Waals surface area contributed by atoms with Gasteiger partial charge < -0.3 is 0 Å². The molecule has 0 fully saturated rings. The van der Waals surface area contributed by atoms with Crippen LogP contribution >= 0.6 is 23.4 Å². The van der Waals surface area contributed by atoms with Gasteiger partial charge in [-0.15, -0.1) is 11.8 Å². The Morgan fingerprint density at radius 3 is 3.00 bits per heavy atom. The van der Waals surface area contributed by atoms with Crippen LogP contribution in [0.2, 0.25) is 5.15 Å². The normalized spacial score (nSPS) is 9.42. The van der Waals surface area contributed by atoms with Crippen molar-refractivity contribution in [2.75, 3.05) is 5.75 Å². The topological polar surface area (TPSA) is 36.7 Å². The maximum absolute atomic E-state index is 8.69. The van der Waals surface area contributed by atoms with Crippen LogP contribution in [0.15, 0.2) is 17.0 Å². The van der Waals surface area contributed by atoms with Crippen molar-refractivity contribution in [1.29, 1.82) is 5.26 Å². The number of nitriles is 1. The van der Waals surface area contributed by atoms with Crippen LogP contribution in [-0.2, 0) is 0 Å². The van der Waals surface area contributed by atoms with Gasteiger partial charge in [0, 0.05) is 4.90 Å². The summed E-state index contributed by atoms with van der Waals surface area (Å²) in [5, 5.41) is 9.05. The van der Waals surface area contributed by atoms with E-state index >= 15 is 0 Å². The van der Waals surface area contributed by atoms with Crippen LogP contribution in [0, 0.1) is 11.3 Å². The van der Waals surface area contributed by atoms with Crippen molar-refractivity contribution in [2.45, 2.75) is 11.8 Å². The van der Waals surface area contributed by atoms with Crippen LogP contribution in [0.4, 0.5) is 0 Å². The molecule has 0 atom stereocenters. The van der Waals surface area contributed by atoms with Gasteiger partial charge in [-0.2, -0.15) is 5.26 Å². The largest absolute Gasteiger partial charge is 0.224 e. The zero-order valence-corrected chi connectivity index (χ0v) is 8.11. The van der Waals surface area contributed by atoms with Gasteiger partial charge in [0.25, 0.3) is 0 Å². The Balaban J connectivity index is 3.05. The SMILES string of the molecule is CCSc1ccc(Cl)nc1C#N. The molecule has 2 nitrogen and oxygen atoms in total. The monoisotopic (exact) mass is 198 g/mol. The fourth-order valence-corrected chi connectivity index (χ4v) is 1.63. The summed E-state index contributed by atoms with van der Waals surface area (Å²) in [6.45, 7) is 2.03. The first-order valence-electron chi connectivity index (χ1n) is 3.47. The van der Waals surface area contributed by atoms with Gasteiger partial charge in [0.2, 0.25) is 0 Å². The fourth-order valence-electron chi connectivity index (χ4n) is 0.775. The Kier molecular flexibility index (Phi) is 3.39. The van der Waals surface area contributed by atoms with Gasteiger partial charge in [0.1, 0.15) is 11.2 Å². The highest BCUT2D eigenvalue weighted by Crippen LogP contribution is 2.21. The van der Waals surface area contributed by atoms with Crippen molar-refractivity contribution < 1.29 is 0 Å². The standard InChI is InChI=1S/C8H7ClN2S/c1-2-12-7-3-4-8(9)11-6(7)5-10/h3-4H,2H2,1H3. The first kappa shape index (κ1) is 9.37. The summed E-state index contributed by atoms with van der Waals surface area (Å²) in [6.07, 6.45) is 0. The average molecular weight is 199 g/mol. The minimum absolute atomic E-state index is 0.368. The Hall–Kier alpha value is -0.720. The van der Waals surface area contributed by atoms with Crippen LogP contribution in [-0.4, -0.2) is 10.7 Å². The molecule has 0 unspecified atom stereocenters. The third-order valence-corrected chi connectivity index (χ3v) is 2.37. The molecule has 0 N–H and O–H groups in total. The lowest BCUT2D eigenvalue weighted by Crippen LogP contribution is -1.87. The van der Waals surface area contributed by atoms with Crippen molar-refractivity contribution in [3.8, 4) is 6.07 Å². The molecular formula is C8H7ClN2S. The summed E-state index contributed by atoms with van der Waals surface area (Å²) >= 11 is 7.22. The highest BCUT2D eigenvalue weighted by Gasteiger charge is 2.03. The quantitative estimate of drug-likeness (QED) is 0.542. The highest BCUT2D eigenvalue weighted by atomic mass is 35.5. The summed E-state index contributed by atoms with van der Waals surface area (Å²) in [6, 6.07) is 5.52. The number of pyridine rings is 1. The Morgan fingerprint density at radius 1 is 1.67 bits per heavy atom. The van der Waals surface area contributed by atoms with Crippen LogP contribution < -0.4 is 0 Å². The number of nitrogens with zero attached hydrogens (tertiary/aromatic N) is 2. The molecule has 62 valence electrons. The summed E-state index contributed by atoms with van der Waals surface area (Å²) < 4.78 is 0. The van der Waals surface area contributed by atoms with Gasteiger partial charge >= 0.3 is 0 Å². The Bertz CT molecular complexity index is 319. The van der Waals surface area contributed by atoms with Crippen molar-refractivity contribution >= 4 is 23.4 Å². The van der Waals surface area contributed by atoms with Crippen molar-refractivity contribution in [3.63, 3.8) is 0 Å². The average Bonchev–Trinajstić information content (AvgIpc) is 2.08. The molecule has 0 radical (unpaired) electrons. The van der Waals surface area contributed by atoms with Gasteiger partial charge in [0.05, 0.1) is 0 Å². The molecule has 0 aliphatic carbocycles. The zero-order valence-electron chi connectivity index (χ0n) is 6.54. The van der Waals surface area contributed by atoms with Gasteiger partial charge in [-0.3, -0.25) is 0 Å². The number of hydrogen-bond acceptors (Lipinski definition) is 3. The third kappa shape index (κ3) is 2.13. The van der Waals surface area contributed by atoms with Crippen LogP contribution in [0.5, 0.6) is 0 Å². The van der Waals surface area contributed by atoms with Crippen LogP contribution in [0.1, 0.15) is 12.6 Å². The number of thioether (sulfide) groups is 1. The van der Waals surface area contributed by atoms with Gasteiger partial charge in [-0.25, -0.2) is 4.98 Å². The number of halogens is 1. The molecule has 0 amide bonds. The van der Waals surface area contributed by atoms with Gasteiger partial charge in [0.15, 0.2) is 5.69 Å². The zero-order chi connectivity index (χ0) is 8.97. The molecule has 1 aromatic heterocycles. The van der Waals surface area contributed by atoms with E-state index in [4.69, 9.17) is 16.9 Å². The van der Waals surface area contributed by atoms with E-state index in [9.17, 15) is 0 Å². The van der Waals surface area contributed by atoms with E-state index in [0.717, 1.165) is 10.6 Å².